The largest absolute Gasteiger partial charge is 0.289 e. The molecule has 3 nitrogen and oxygen atoms in total. The van der Waals surface area contributed by atoms with Crippen LogP contribution < -0.4 is 0 Å². The molecule has 12 heavy (non-hydrogen) atoms. The van der Waals surface area contributed by atoms with Crippen molar-refractivity contribution in [3.8, 4) is 0 Å². The molecule has 0 aliphatic carbocycles. The predicted molar refractivity (Wildman–Crippen MR) is 47.2 cm³/mol. The van der Waals surface area contributed by atoms with Crippen molar-refractivity contribution in [3.05, 3.63) is 29.5 Å². The zero-order chi connectivity index (χ0) is 8.72. The van der Waals surface area contributed by atoms with Gasteiger partial charge in [-0.2, -0.15) is 0 Å². The van der Waals surface area contributed by atoms with Gasteiger partial charge in [-0.1, -0.05) is 0 Å². The van der Waals surface area contributed by atoms with Gasteiger partial charge < -0.3 is 0 Å². The second-order valence-corrected chi connectivity index (χ2v) is 3.01. The number of rotatable bonds is 0. The lowest BCUT2D eigenvalue weighted by Gasteiger charge is -2.00. The molecule has 0 saturated carbocycles. The summed E-state index contributed by atoms with van der Waals surface area (Å²) in [5.41, 5.74) is 2.21. The first kappa shape index (κ1) is 7.28. The molecule has 0 unspecified atom stereocenters. The first-order valence-corrected chi connectivity index (χ1v) is 3.97. The monoisotopic (exact) mass is 161 g/mol. The molecule has 0 radical (unpaired) electrons. The Bertz CT molecular complexity index is 429. The van der Waals surface area contributed by atoms with Gasteiger partial charge in [-0.25, -0.2) is 9.97 Å². The molecule has 0 atom stereocenters. The Morgan fingerprint density at radius 1 is 1.17 bits per heavy atom. The van der Waals surface area contributed by atoms with Gasteiger partial charge in [-0.05, 0) is 32.4 Å². The predicted octanol–water partition coefficient (Wildman–Crippen LogP) is 1.65. The van der Waals surface area contributed by atoms with E-state index in [1.54, 1.807) is 0 Å². The quantitative estimate of drug-likeness (QED) is 0.588. The summed E-state index contributed by atoms with van der Waals surface area (Å²) in [6, 6.07) is 2.05. The topological polar surface area (TPSA) is 30.2 Å². The average Bonchev–Trinajstić information content (AvgIpc) is 2.33. The number of aromatic nitrogens is 3. The summed E-state index contributed by atoms with van der Waals surface area (Å²) < 4.78 is 2.00. The van der Waals surface area contributed by atoms with Crippen LogP contribution in [-0.2, 0) is 0 Å². The number of hydrogen-bond acceptors (Lipinski definition) is 2. The van der Waals surface area contributed by atoms with Crippen molar-refractivity contribution in [1.82, 2.24) is 14.4 Å². The molecule has 0 aromatic carbocycles. The molecule has 0 aliphatic rings. The van der Waals surface area contributed by atoms with E-state index in [0.29, 0.717) is 0 Å². The normalized spacial score (nSPS) is 10.9. The minimum absolute atomic E-state index is 0.835. The molecule has 0 N–H and O–H groups in total. The second-order valence-electron chi connectivity index (χ2n) is 3.01. The Hall–Kier alpha value is -1.38. The van der Waals surface area contributed by atoms with Crippen molar-refractivity contribution in [2.24, 2.45) is 0 Å². The van der Waals surface area contributed by atoms with E-state index in [0.717, 1.165) is 17.3 Å². The summed E-state index contributed by atoms with van der Waals surface area (Å²) in [5, 5.41) is 0. The zero-order valence-electron chi connectivity index (χ0n) is 7.50. The van der Waals surface area contributed by atoms with E-state index in [4.69, 9.17) is 0 Å². The van der Waals surface area contributed by atoms with Gasteiger partial charge in [0.2, 0.25) is 0 Å². The Morgan fingerprint density at radius 2 is 1.92 bits per heavy atom. The van der Waals surface area contributed by atoms with Crippen molar-refractivity contribution < 1.29 is 0 Å². The van der Waals surface area contributed by atoms with Crippen LogP contribution in [0.2, 0.25) is 0 Å². The van der Waals surface area contributed by atoms with Crippen LogP contribution in [0.3, 0.4) is 0 Å². The van der Waals surface area contributed by atoms with Gasteiger partial charge in [0.1, 0.15) is 17.3 Å². The molecular weight excluding hydrogens is 150 g/mol. The maximum Gasteiger partial charge on any atom is 0.143 e. The molecule has 0 spiro atoms. The third-order valence-corrected chi connectivity index (χ3v) is 1.99. The van der Waals surface area contributed by atoms with Crippen LogP contribution >= 0.6 is 0 Å². The minimum atomic E-state index is 0.835. The van der Waals surface area contributed by atoms with E-state index in [9.17, 15) is 0 Å². The fraction of sp³-hybridized carbons (Fsp3) is 0.333. The third-order valence-electron chi connectivity index (χ3n) is 1.99. The van der Waals surface area contributed by atoms with Gasteiger partial charge >= 0.3 is 0 Å². The van der Waals surface area contributed by atoms with Crippen molar-refractivity contribution in [3.63, 3.8) is 0 Å². The summed E-state index contributed by atoms with van der Waals surface area (Å²) in [6.45, 7) is 5.96. The summed E-state index contributed by atoms with van der Waals surface area (Å²) in [4.78, 5) is 8.61. The minimum Gasteiger partial charge on any atom is -0.289 e. The van der Waals surface area contributed by atoms with Gasteiger partial charge in [0.25, 0.3) is 0 Å². The molecule has 0 saturated heterocycles. The van der Waals surface area contributed by atoms with Crippen LogP contribution in [0.1, 0.15) is 17.2 Å². The van der Waals surface area contributed by atoms with Crippen LogP contribution in [-0.4, -0.2) is 14.4 Å². The zero-order valence-corrected chi connectivity index (χ0v) is 7.50. The fourth-order valence-electron chi connectivity index (χ4n) is 1.39. The summed E-state index contributed by atoms with van der Waals surface area (Å²) >= 11 is 0. The fourth-order valence-corrected chi connectivity index (χ4v) is 1.39. The molecule has 0 amide bonds. The lowest BCUT2D eigenvalue weighted by Crippen LogP contribution is -1.99. The Morgan fingerprint density at radius 3 is 2.67 bits per heavy atom. The highest BCUT2D eigenvalue weighted by Gasteiger charge is 2.02. The van der Waals surface area contributed by atoms with Crippen LogP contribution in [0.25, 0.3) is 5.65 Å². The Kier molecular flexibility index (Phi) is 1.40. The molecular formula is C9H11N3. The molecule has 2 heterocycles. The molecule has 3 heteroatoms. The van der Waals surface area contributed by atoms with Gasteiger partial charge in [0.05, 0.1) is 0 Å². The molecule has 2 aromatic heterocycles. The average molecular weight is 161 g/mol. The number of aryl methyl sites for hydroxylation is 3. The lowest BCUT2D eigenvalue weighted by molar-refractivity contribution is 0.903. The first-order chi connectivity index (χ1) is 5.68. The standard InChI is InChI=1S/C9H11N3/c1-6-4-5-12-8(3)10-7(2)11-9(6)12/h4-5H,1-3H3. The van der Waals surface area contributed by atoms with Crippen molar-refractivity contribution in [1.29, 1.82) is 0 Å². The van der Waals surface area contributed by atoms with Gasteiger partial charge in [-0.3, -0.25) is 4.40 Å². The van der Waals surface area contributed by atoms with Gasteiger partial charge in [0.15, 0.2) is 0 Å². The SMILES string of the molecule is Cc1nc(C)n2ccc(C)c2n1. The number of hydrogen-bond donors (Lipinski definition) is 0. The van der Waals surface area contributed by atoms with Gasteiger partial charge in [-0.15, -0.1) is 0 Å². The number of nitrogens with zero attached hydrogens (tertiary/aromatic N) is 3. The molecule has 2 rings (SSSR count). The highest BCUT2D eigenvalue weighted by Crippen LogP contribution is 2.09. The maximum atomic E-state index is 4.35. The van der Waals surface area contributed by atoms with Crippen LogP contribution in [0.5, 0.6) is 0 Å². The lowest BCUT2D eigenvalue weighted by atomic mass is 10.4. The van der Waals surface area contributed by atoms with Crippen molar-refractivity contribution in [2.75, 3.05) is 0 Å². The van der Waals surface area contributed by atoms with Crippen LogP contribution in [0.15, 0.2) is 12.3 Å². The van der Waals surface area contributed by atoms with E-state index < -0.39 is 0 Å². The highest BCUT2D eigenvalue weighted by atomic mass is 15.1. The summed E-state index contributed by atoms with van der Waals surface area (Å²) in [7, 11) is 0. The summed E-state index contributed by atoms with van der Waals surface area (Å²) in [6.07, 6.45) is 2.00. The second kappa shape index (κ2) is 2.30. The molecule has 0 aliphatic heterocycles. The van der Waals surface area contributed by atoms with Crippen molar-refractivity contribution in [2.45, 2.75) is 20.8 Å². The van der Waals surface area contributed by atoms with E-state index >= 15 is 0 Å². The smallest absolute Gasteiger partial charge is 0.143 e. The Balaban J connectivity index is 2.92. The van der Waals surface area contributed by atoms with E-state index in [1.165, 1.54) is 5.56 Å². The molecule has 0 bridgehead atoms. The highest BCUT2D eigenvalue weighted by molar-refractivity contribution is 5.48. The van der Waals surface area contributed by atoms with E-state index in [-0.39, 0.29) is 0 Å². The van der Waals surface area contributed by atoms with Crippen LogP contribution in [0, 0.1) is 20.8 Å². The molecule has 0 fully saturated rings. The summed E-state index contributed by atoms with van der Waals surface area (Å²) in [5.74, 6) is 1.83. The molecule has 62 valence electrons. The molecule has 2 aromatic rings. The van der Waals surface area contributed by atoms with Gasteiger partial charge in [0, 0.05) is 6.20 Å². The van der Waals surface area contributed by atoms with E-state index in [1.807, 2.05) is 24.4 Å². The van der Waals surface area contributed by atoms with Crippen molar-refractivity contribution >= 4 is 5.65 Å². The first-order valence-electron chi connectivity index (χ1n) is 3.97. The van der Waals surface area contributed by atoms with Crippen LogP contribution in [0.4, 0.5) is 0 Å². The number of fused-ring (bicyclic) bond motifs is 1. The van der Waals surface area contributed by atoms with E-state index in [2.05, 4.69) is 23.0 Å². The Labute approximate surface area is 71.1 Å². The third kappa shape index (κ3) is 0.897. The maximum absolute atomic E-state index is 4.35.